The van der Waals surface area contributed by atoms with Gasteiger partial charge in [-0.25, -0.2) is 4.39 Å². The zero-order valence-corrected chi connectivity index (χ0v) is 35.4. The summed E-state index contributed by atoms with van der Waals surface area (Å²) in [5.41, 5.74) is -0.439. The van der Waals surface area contributed by atoms with Crippen molar-refractivity contribution in [3.63, 3.8) is 0 Å². The summed E-state index contributed by atoms with van der Waals surface area (Å²) in [5, 5.41) is 12.5. The molecule has 0 atom stereocenters. The highest BCUT2D eigenvalue weighted by Gasteiger charge is 2.50. The number of rotatable bonds is 26. The van der Waals surface area contributed by atoms with Crippen LogP contribution in [0.4, 0.5) is 28.9 Å². The zero-order valence-electron chi connectivity index (χ0n) is 34.6. The minimum absolute atomic E-state index is 0.00508. The fourth-order valence-corrected chi connectivity index (χ4v) is 6.74. The average Bonchev–Trinajstić information content (AvgIpc) is 3.44. The van der Waals surface area contributed by atoms with E-state index in [0.717, 1.165) is 33.9 Å². The van der Waals surface area contributed by atoms with Crippen molar-refractivity contribution in [3.8, 4) is 17.6 Å². The Kier molecular flexibility index (Phi) is 18.4. The molecule has 0 spiro atoms. The van der Waals surface area contributed by atoms with Crippen LogP contribution in [-0.4, -0.2) is 95.8 Å². The number of nitrogens with zero attached hydrogens (tertiary/aromatic N) is 3. The summed E-state index contributed by atoms with van der Waals surface area (Å²) in [6, 6.07) is 25.5. The summed E-state index contributed by atoms with van der Waals surface area (Å²) >= 11 is 5.60. The molecule has 332 valence electrons. The van der Waals surface area contributed by atoms with Gasteiger partial charge >= 0.3 is 6.18 Å². The highest BCUT2D eigenvalue weighted by molar-refractivity contribution is 7.81. The topological polar surface area (TPSA) is 124 Å². The van der Waals surface area contributed by atoms with Gasteiger partial charge in [0.05, 0.1) is 89.0 Å². The van der Waals surface area contributed by atoms with Crippen LogP contribution in [0.25, 0.3) is 0 Å². The van der Waals surface area contributed by atoms with Crippen molar-refractivity contribution in [1.29, 1.82) is 5.26 Å². The Morgan fingerprint density at radius 2 is 1.27 bits per heavy atom. The third-order valence-electron chi connectivity index (χ3n) is 9.40. The normalized spacial score (nSPS) is 13.8. The quantitative estimate of drug-likeness (QED) is 0.0383. The predicted octanol–water partition coefficient (Wildman–Crippen LogP) is 7.46. The number of anilines is 2. The van der Waals surface area contributed by atoms with Crippen LogP contribution in [0.1, 0.15) is 36.1 Å². The number of ether oxygens (including phenoxy) is 7. The molecule has 1 aliphatic rings. The lowest BCUT2D eigenvalue weighted by molar-refractivity contribution is -0.137. The maximum absolute atomic E-state index is 13.6. The van der Waals surface area contributed by atoms with Gasteiger partial charge in [0.15, 0.2) is 5.11 Å². The number of hydrogen-bond acceptors (Lipinski definition) is 11. The second kappa shape index (κ2) is 23.9. The Balaban J connectivity index is 0.837. The summed E-state index contributed by atoms with van der Waals surface area (Å²) in [6.45, 7) is 9.59. The smallest absolute Gasteiger partial charge is 0.417 e. The number of alkyl halides is 3. The molecule has 1 N–H and O–H groups in total. The number of carbonyl (C=O) groups is 1. The van der Waals surface area contributed by atoms with Gasteiger partial charge in [0, 0.05) is 18.8 Å². The van der Waals surface area contributed by atoms with Gasteiger partial charge in [0.1, 0.15) is 36.1 Å². The van der Waals surface area contributed by atoms with Gasteiger partial charge in [0.25, 0.3) is 5.91 Å². The molecular weight excluding hydrogens is 833 g/mol. The number of benzene rings is 4. The van der Waals surface area contributed by atoms with Gasteiger partial charge in [0.2, 0.25) is 0 Å². The maximum atomic E-state index is 13.6. The van der Waals surface area contributed by atoms with E-state index in [1.165, 1.54) is 18.2 Å². The zero-order chi connectivity index (χ0) is 44.4. The summed E-state index contributed by atoms with van der Waals surface area (Å²) in [6.07, 6.45) is -4.79. The molecule has 62 heavy (non-hydrogen) atoms. The third-order valence-corrected chi connectivity index (χ3v) is 9.77. The van der Waals surface area contributed by atoms with E-state index >= 15 is 0 Å². The van der Waals surface area contributed by atoms with Gasteiger partial charge in [-0.15, -0.1) is 0 Å². The van der Waals surface area contributed by atoms with Crippen molar-refractivity contribution in [2.75, 3.05) is 89.0 Å². The Labute approximate surface area is 364 Å². The lowest BCUT2D eigenvalue weighted by Gasteiger charge is -2.29. The van der Waals surface area contributed by atoms with Gasteiger partial charge in [-0.05, 0) is 104 Å². The van der Waals surface area contributed by atoms with Crippen LogP contribution in [0.3, 0.4) is 0 Å². The van der Waals surface area contributed by atoms with Gasteiger partial charge < -0.3 is 43.4 Å². The van der Waals surface area contributed by atoms with E-state index in [9.17, 15) is 22.4 Å². The van der Waals surface area contributed by atoms with Gasteiger partial charge in [-0.3, -0.25) is 9.69 Å². The SMILES string of the molecule is CC1(C)C(=O)N(c2ccc(C#N)c(C(F)(F)F)c2)C(=S)N1c1ccc(OCCOCCOCCOCCOCCOCCNCc2cccc(OCc3ccc(F)cc3)c2)cc1. The van der Waals surface area contributed by atoms with E-state index in [4.69, 9.17) is 50.6 Å². The highest BCUT2D eigenvalue weighted by atomic mass is 32.1. The van der Waals surface area contributed by atoms with E-state index in [1.54, 1.807) is 61.2 Å². The van der Waals surface area contributed by atoms with Gasteiger partial charge in [-0.2, -0.15) is 18.4 Å². The predicted molar refractivity (Wildman–Crippen MR) is 228 cm³/mol. The molecule has 0 bridgehead atoms. The van der Waals surface area contributed by atoms with Crippen molar-refractivity contribution in [3.05, 3.63) is 119 Å². The fourth-order valence-electron chi connectivity index (χ4n) is 6.22. The molecule has 0 aliphatic carbocycles. The third kappa shape index (κ3) is 14.2. The number of nitrogens with one attached hydrogen (secondary N) is 1. The van der Waals surface area contributed by atoms with E-state index in [-0.39, 0.29) is 23.2 Å². The van der Waals surface area contributed by atoms with Crippen LogP contribution < -0.4 is 24.6 Å². The average molecular weight is 883 g/mol. The first-order valence-electron chi connectivity index (χ1n) is 20.0. The molecule has 0 radical (unpaired) electrons. The lowest BCUT2D eigenvalue weighted by Crippen LogP contribution is -2.44. The number of hydrogen-bond donors (Lipinski definition) is 1. The minimum Gasteiger partial charge on any atom is -0.491 e. The first kappa shape index (κ1) is 47.9. The molecule has 1 amide bonds. The first-order chi connectivity index (χ1) is 29.9. The second-order valence-electron chi connectivity index (χ2n) is 14.3. The molecule has 12 nitrogen and oxygen atoms in total. The summed E-state index contributed by atoms with van der Waals surface area (Å²) in [5.74, 6) is 0.520. The van der Waals surface area contributed by atoms with Crippen molar-refractivity contribution >= 4 is 34.6 Å². The molecule has 17 heteroatoms. The number of carbonyl (C=O) groups excluding carboxylic acids is 1. The minimum atomic E-state index is -4.79. The van der Waals surface area contributed by atoms with Crippen molar-refractivity contribution in [2.45, 2.75) is 38.7 Å². The Hall–Kier alpha value is -5.19. The number of nitriles is 1. The highest BCUT2D eigenvalue weighted by Crippen LogP contribution is 2.40. The molecular formula is C45H50F4N4O8S. The first-order valence-corrected chi connectivity index (χ1v) is 20.4. The fraction of sp³-hybridized carbons (Fsp3) is 0.400. The molecule has 4 aromatic rings. The molecule has 1 aliphatic heterocycles. The van der Waals surface area contributed by atoms with Crippen molar-refractivity contribution < 1.29 is 55.5 Å². The number of halogens is 4. The molecule has 0 aromatic heterocycles. The summed E-state index contributed by atoms with van der Waals surface area (Å²) in [4.78, 5) is 16.1. The summed E-state index contributed by atoms with van der Waals surface area (Å²) in [7, 11) is 0. The monoisotopic (exact) mass is 882 g/mol. The molecule has 1 saturated heterocycles. The Bertz CT molecular complexity index is 2080. The molecule has 1 heterocycles. The standard InChI is InChI=1S/C45H50F4N4O8S/c1-44(2)42(54)52(38-11-8-35(30-50)41(29-38)45(47,48)49)43(62)53(44)37-12-14-39(15-13-37)60-27-26-59-25-24-58-23-22-57-21-20-56-19-18-55-17-16-51-31-34-4-3-5-40(28-34)61-32-33-6-9-36(46)10-7-33/h3-15,28-29,51H,16-27,31-32H2,1-2H3. The maximum Gasteiger partial charge on any atom is 0.417 e. The molecule has 0 unspecified atom stereocenters. The van der Waals surface area contributed by atoms with Crippen LogP contribution in [0.2, 0.25) is 0 Å². The lowest BCUT2D eigenvalue weighted by atomic mass is 10.0. The molecule has 0 saturated carbocycles. The van der Waals surface area contributed by atoms with E-state index in [0.29, 0.717) is 97.2 Å². The van der Waals surface area contributed by atoms with Crippen LogP contribution in [0, 0.1) is 17.1 Å². The molecule has 1 fully saturated rings. The Morgan fingerprint density at radius 3 is 1.87 bits per heavy atom. The molecule has 4 aromatic carbocycles. The van der Waals surface area contributed by atoms with Crippen LogP contribution in [-0.2, 0) is 47.8 Å². The molecule has 5 rings (SSSR count). The van der Waals surface area contributed by atoms with Crippen LogP contribution in [0.15, 0.2) is 91.0 Å². The second-order valence-corrected chi connectivity index (χ2v) is 14.7. The summed E-state index contributed by atoms with van der Waals surface area (Å²) < 4.78 is 93.4. The number of thiocarbonyl (C=S) groups is 1. The largest absolute Gasteiger partial charge is 0.491 e. The van der Waals surface area contributed by atoms with E-state index in [1.807, 2.05) is 24.3 Å². The van der Waals surface area contributed by atoms with Crippen molar-refractivity contribution in [2.24, 2.45) is 0 Å². The van der Waals surface area contributed by atoms with Gasteiger partial charge in [-0.1, -0.05) is 24.3 Å². The van der Waals surface area contributed by atoms with Crippen LogP contribution >= 0.6 is 12.2 Å². The van der Waals surface area contributed by atoms with Crippen LogP contribution in [0.5, 0.6) is 11.5 Å². The Morgan fingerprint density at radius 1 is 0.694 bits per heavy atom. The van der Waals surface area contributed by atoms with E-state index < -0.39 is 28.7 Å². The number of amides is 1. The van der Waals surface area contributed by atoms with Crippen molar-refractivity contribution in [1.82, 2.24) is 5.32 Å². The van der Waals surface area contributed by atoms with E-state index in [2.05, 4.69) is 5.32 Å².